The molecule has 0 unspecified atom stereocenters. The molecule has 0 aromatic heterocycles. The van der Waals surface area contributed by atoms with Crippen molar-refractivity contribution >= 4 is 33.7 Å². The van der Waals surface area contributed by atoms with Crippen LogP contribution < -0.4 is 15.6 Å². The second-order valence-corrected chi connectivity index (χ2v) is 8.42. The van der Waals surface area contributed by atoms with Gasteiger partial charge in [-0.3, -0.25) is 20.0 Å². The monoisotopic (exact) mass is 426 g/mol. The molecular weight excluding hydrogens is 404 g/mol. The molecule has 2 amide bonds. The third kappa shape index (κ3) is 5.62. The third-order valence-electron chi connectivity index (χ3n) is 4.41. The number of amides is 2. The summed E-state index contributed by atoms with van der Waals surface area (Å²) in [5, 5.41) is 2.74. The van der Waals surface area contributed by atoms with Gasteiger partial charge in [0.1, 0.15) is 0 Å². The number of nitrogens with one attached hydrogen (secondary N) is 3. The highest BCUT2D eigenvalue weighted by atomic mass is 32.2. The van der Waals surface area contributed by atoms with E-state index in [1.54, 1.807) is 42.6 Å². The lowest BCUT2D eigenvalue weighted by Crippen LogP contribution is -2.42. The molecular formula is C21H22N4O4S. The van der Waals surface area contributed by atoms with Crippen LogP contribution in [0.3, 0.4) is 0 Å². The topological polar surface area (TPSA) is 117 Å². The maximum absolute atomic E-state index is 12.6. The van der Waals surface area contributed by atoms with Crippen LogP contribution in [0.1, 0.15) is 24.8 Å². The summed E-state index contributed by atoms with van der Waals surface area (Å²) in [6, 6.07) is 15.2. The number of carbonyl (C=O) groups excluding carboxylic acids is 2. The Bertz CT molecular complexity index is 1090. The van der Waals surface area contributed by atoms with Crippen molar-refractivity contribution in [2.45, 2.75) is 31.1 Å². The molecule has 0 spiro atoms. The summed E-state index contributed by atoms with van der Waals surface area (Å²) in [7, 11) is -3.91. The van der Waals surface area contributed by atoms with Crippen LogP contribution in [0.5, 0.6) is 0 Å². The zero-order chi connectivity index (χ0) is 21.6. The van der Waals surface area contributed by atoms with Gasteiger partial charge in [-0.15, -0.1) is 4.83 Å². The van der Waals surface area contributed by atoms with Crippen molar-refractivity contribution in [1.29, 1.82) is 0 Å². The van der Waals surface area contributed by atoms with Crippen LogP contribution in [0.25, 0.3) is 0 Å². The highest BCUT2D eigenvalue weighted by molar-refractivity contribution is 7.89. The van der Waals surface area contributed by atoms with E-state index in [0.29, 0.717) is 24.2 Å². The van der Waals surface area contributed by atoms with Crippen LogP contribution in [0.4, 0.5) is 5.69 Å². The minimum Gasteiger partial charge on any atom is -0.326 e. The Hall–Kier alpha value is -3.30. The zero-order valence-electron chi connectivity index (χ0n) is 16.4. The summed E-state index contributed by atoms with van der Waals surface area (Å²) >= 11 is 0. The van der Waals surface area contributed by atoms with Gasteiger partial charge < -0.3 is 5.32 Å². The minimum atomic E-state index is -3.91. The molecule has 0 atom stereocenters. The molecule has 0 radical (unpaired) electrons. The molecule has 0 aliphatic carbocycles. The summed E-state index contributed by atoms with van der Waals surface area (Å²) in [6.45, 7) is 1.84. The van der Waals surface area contributed by atoms with E-state index in [-0.39, 0.29) is 22.8 Å². The number of aryl methyl sites for hydroxylation is 1. The van der Waals surface area contributed by atoms with Gasteiger partial charge in [-0.25, -0.2) is 8.42 Å². The second-order valence-electron chi connectivity index (χ2n) is 6.74. The minimum absolute atomic E-state index is 0.0338. The first-order valence-corrected chi connectivity index (χ1v) is 10.8. The van der Waals surface area contributed by atoms with Gasteiger partial charge in [0.25, 0.3) is 15.9 Å². The average Bonchev–Trinajstić information content (AvgIpc) is 2.73. The van der Waals surface area contributed by atoms with Crippen LogP contribution in [-0.4, -0.2) is 26.4 Å². The molecule has 8 nitrogen and oxygen atoms in total. The van der Waals surface area contributed by atoms with Gasteiger partial charge in [0, 0.05) is 17.5 Å². The predicted octanol–water partition coefficient (Wildman–Crippen LogP) is 2.45. The van der Waals surface area contributed by atoms with Gasteiger partial charge in [-0.1, -0.05) is 35.9 Å². The lowest BCUT2D eigenvalue weighted by atomic mass is 10.0. The average molecular weight is 426 g/mol. The van der Waals surface area contributed by atoms with E-state index in [4.69, 9.17) is 0 Å². The third-order valence-corrected chi connectivity index (χ3v) is 5.67. The van der Waals surface area contributed by atoms with E-state index in [1.165, 1.54) is 12.1 Å². The SMILES string of the molecule is Cc1ccc(S(=O)(=O)NNC(=O)C2=C(CC(=O)Nc3ccccc3)N=CCC2)cc1. The fourth-order valence-corrected chi connectivity index (χ4v) is 3.69. The van der Waals surface area contributed by atoms with E-state index < -0.39 is 15.9 Å². The summed E-state index contributed by atoms with van der Waals surface area (Å²) in [5.41, 5.74) is 4.35. The summed E-state index contributed by atoms with van der Waals surface area (Å²) in [6.07, 6.45) is 2.42. The van der Waals surface area contributed by atoms with Crippen molar-refractivity contribution in [2.24, 2.45) is 4.99 Å². The number of hydrazine groups is 1. The molecule has 0 fully saturated rings. The normalized spacial score (nSPS) is 13.8. The van der Waals surface area contributed by atoms with Crippen molar-refractivity contribution in [3.8, 4) is 0 Å². The quantitative estimate of drug-likeness (QED) is 0.590. The summed E-state index contributed by atoms with van der Waals surface area (Å²) in [4.78, 5) is 31.2. The molecule has 1 heterocycles. The van der Waals surface area contributed by atoms with Gasteiger partial charge in [0.2, 0.25) is 5.91 Å². The molecule has 0 bridgehead atoms. The molecule has 2 aromatic carbocycles. The first kappa shape index (κ1) is 21.4. The van der Waals surface area contributed by atoms with Gasteiger partial charge in [0.15, 0.2) is 0 Å². The Morgan fingerprint density at radius 3 is 2.43 bits per heavy atom. The van der Waals surface area contributed by atoms with Gasteiger partial charge in [-0.05, 0) is 44.0 Å². The molecule has 2 aromatic rings. The number of hydrogen-bond donors (Lipinski definition) is 3. The Labute approximate surface area is 175 Å². The fourth-order valence-electron chi connectivity index (χ4n) is 2.85. The van der Waals surface area contributed by atoms with E-state index in [1.807, 2.05) is 13.0 Å². The van der Waals surface area contributed by atoms with Gasteiger partial charge >= 0.3 is 0 Å². The molecule has 0 saturated heterocycles. The first-order chi connectivity index (χ1) is 14.3. The van der Waals surface area contributed by atoms with Gasteiger partial charge in [0.05, 0.1) is 17.0 Å². The number of nitrogens with zero attached hydrogens (tertiary/aromatic N) is 1. The van der Waals surface area contributed by atoms with E-state index in [0.717, 1.165) is 5.56 Å². The number of rotatable bonds is 7. The molecule has 30 heavy (non-hydrogen) atoms. The molecule has 9 heteroatoms. The van der Waals surface area contributed by atoms with Crippen molar-refractivity contribution in [3.63, 3.8) is 0 Å². The Morgan fingerprint density at radius 1 is 1.03 bits per heavy atom. The Kier molecular flexibility index (Phi) is 6.76. The van der Waals surface area contributed by atoms with Crippen LogP contribution >= 0.6 is 0 Å². The number of anilines is 1. The van der Waals surface area contributed by atoms with Gasteiger partial charge in [-0.2, -0.15) is 0 Å². The molecule has 3 rings (SSSR count). The van der Waals surface area contributed by atoms with Crippen molar-refractivity contribution in [2.75, 3.05) is 5.32 Å². The zero-order valence-corrected chi connectivity index (χ0v) is 17.2. The largest absolute Gasteiger partial charge is 0.326 e. The number of aliphatic imine (C=N–C) groups is 1. The van der Waals surface area contributed by atoms with Crippen LogP contribution in [-0.2, 0) is 19.6 Å². The molecule has 0 saturated carbocycles. The van der Waals surface area contributed by atoms with Crippen molar-refractivity contribution in [3.05, 3.63) is 71.4 Å². The number of para-hydroxylation sites is 1. The van der Waals surface area contributed by atoms with Crippen molar-refractivity contribution in [1.82, 2.24) is 10.3 Å². The lowest BCUT2D eigenvalue weighted by Gasteiger charge is -2.16. The molecule has 156 valence electrons. The summed E-state index contributed by atoms with van der Waals surface area (Å²) < 4.78 is 24.7. The van der Waals surface area contributed by atoms with Crippen molar-refractivity contribution < 1.29 is 18.0 Å². The van der Waals surface area contributed by atoms with Crippen LogP contribution in [0.2, 0.25) is 0 Å². The second kappa shape index (κ2) is 9.47. The van der Waals surface area contributed by atoms with Crippen LogP contribution in [0.15, 0.2) is 75.8 Å². The summed E-state index contributed by atoms with van der Waals surface area (Å²) in [5.74, 6) is -0.953. The maximum atomic E-state index is 12.6. The molecule has 1 aliphatic rings. The number of benzene rings is 2. The Balaban J connectivity index is 1.67. The number of carbonyl (C=O) groups is 2. The smallest absolute Gasteiger partial charge is 0.264 e. The standard InChI is InChI=1S/C21H22N4O4S/c1-15-9-11-17(12-10-15)30(28,29)25-24-21(27)18-8-5-13-22-19(18)14-20(26)23-16-6-3-2-4-7-16/h2-4,6-7,9-13,25H,5,8,14H2,1H3,(H,23,26)(H,24,27). The number of sulfonamides is 1. The Morgan fingerprint density at radius 2 is 1.73 bits per heavy atom. The van der Waals surface area contributed by atoms with E-state index in [9.17, 15) is 18.0 Å². The predicted molar refractivity (Wildman–Crippen MR) is 114 cm³/mol. The van der Waals surface area contributed by atoms with E-state index in [2.05, 4.69) is 20.6 Å². The first-order valence-electron chi connectivity index (χ1n) is 9.33. The van der Waals surface area contributed by atoms with Crippen LogP contribution in [0, 0.1) is 6.92 Å². The maximum Gasteiger partial charge on any atom is 0.264 e. The number of hydrogen-bond acceptors (Lipinski definition) is 5. The fraction of sp³-hybridized carbons (Fsp3) is 0.190. The highest BCUT2D eigenvalue weighted by Crippen LogP contribution is 2.21. The highest BCUT2D eigenvalue weighted by Gasteiger charge is 2.22. The lowest BCUT2D eigenvalue weighted by molar-refractivity contribution is -0.118. The van der Waals surface area contributed by atoms with E-state index >= 15 is 0 Å². The molecule has 3 N–H and O–H groups in total. The molecule has 1 aliphatic heterocycles.